The summed E-state index contributed by atoms with van der Waals surface area (Å²) in [5.74, 6) is 1.14. The largest absolute Gasteiger partial charge is 0.377 e. The number of morpholine rings is 1. The molecule has 1 fully saturated rings. The van der Waals surface area contributed by atoms with Crippen LogP contribution in [0.4, 0.5) is 5.82 Å². The van der Waals surface area contributed by atoms with Crippen molar-refractivity contribution in [1.29, 1.82) is 0 Å². The Hall–Kier alpha value is -3.00. The summed E-state index contributed by atoms with van der Waals surface area (Å²) in [7, 11) is 1.81. The molecule has 3 aromatic rings. The minimum absolute atomic E-state index is 0.146. The molecule has 2 N–H and O–H groups in total. The third-order valence-corrected chi connectivity index (χ3v) is 4.49. The number of amides is 1. The van der Waals surface area contributed by atoms with Gasteiger partial charge in [0.15, 0.2) is 11.5 Å². The molecule has 26 heavy (non-hydrogen) atoms. The Labute approximate surface area is 150 Å². The Morgan fingerprint density at radius 2 is 2.19 bits per heavy atom. The van der Waals surface area contributed by atoms with E-state index in [1.807, 2.05) is 44.3 Å². The first kappa shape index (κ1) is 16.5. The molecule has 1 aliphatic rings. The summed E-state index contributed by atoms with van der Waals surface area (Å²) in [6, 6.07) is 9.11. The molecular weight excluding hydrogens is 332 g/mol. The zero-order chi connectivity index (χ0) is 18.1. The van der Waals surface area contributed by atoms with E-state index in [1.165, 1.54) is 0 Å². The highest BCUT2D eigenvalue weighted by Gasteiger charge is 2.33. The Balaban J connectivity index is 1.71. The van der Waals surface area contributed by atoms with E-state index in [1.54, 1.807) is 4.90 Å². The average molecular weight is 352 g/mol. The number of hydrogen-bond acceptors (Lipinski definition) is 6. The Morgan fingerprint density at radius 3 is 3.04 bits per heavy atom. The van der Waals surface area contributed by atoms with E-state index in [-0.39, 0.29) is 11.9 Å². The van der Waals surface area contributed by atoms with Crippen molar-refractivity contribution in [2.24, 2.45) is 0 Å². The third kappa shape index (κ3) is 2.88. The third-order valence-electron chi connectivity index (χ3n) is 4.49. The van der Waals surface area contributed by atoms with Crippen molar-refractivity contribution in [3.8, 4) is 0 Å². The van der Waals surface area contributed by atoms with Gasteiger partial charge in [0.1, 0.15) is 11.9 Å². The van der Waals surface area contributed by atoms with Gasteiger partial charge in [-0.25, -0.2) is 9.97 Å². The fourth-order valence-corrected chi connectivity index (χ4v) is 3.19. The van der Waals surface area contributed by atoms with E-state index in [2.05, 4.69) is 25.5 Å². The molecule has 134 valence electrons. The van der Waals surface area contributed by atoms with Gasteiger partial charge in [-0.05, 0) is 13.0 Å². The Kier molecular flexibility index (Phi) is 4.26. The maximum absolute atomic E-state index is 13.2. The number of anilines is 1. The fourth-order valence-electron chi connectivity index (χ4n) is 3.19. The molecule has 2 aromatic heterocycles. The van der Waals surface area contributed by atoms with Crippen LogP contribution in [0.1, 0.15) is 28.0 Å². The molecule has 0 saturated carbocycles. The van der Waals surface area contributed by atoms with Crippen molar-refractivity contribution < 1.29 is 9.53 Å². The number of aryl methyl sites for hydroxylation is 1. The maximum Gasteiger partial charge on any atom is 0.275 e. The lowest BCUT2D eigenvalue weighted by atomic mass is 10.1. The van der Waals surface area contributed by atoms with Crippen LogP contribution < -0.4 is 5.32 Å². The molecule has 0 spiro atoms. The van der Waals surface area contributed by atoms with Gasteiger partial charge in [-0.3, -0.25) is 9.89 Å². The standard InChI is InChI=1S/C18H20N6O2/c1-11-9-15(19-2)21-17(20-11)14-10-26-8-7-24(14)18(25)16-12-5-3-4-6-13(12)22-23-16/h3-6,9,14H,7-8,10H2,1-2H3,(H,22,23)(H,19,20,21)/t14-/m1/s1. The highest BCUT2D eigenvalue weighted by Crippen LogP contribution is 2.26. The number of nitrogens with one attached hydrogen (secondary N) is 2. The van der Waals surface area contributed by atoms with Gasteiger partial charge in [0.05, 0.1) is 18.7 Å². The van der Waals surface area contributed by atoms with Crippen molar-refractivity contribution in [2.45, 2.75) is 13.0 Å². The van der Waals surface area contributed by atoms with Crippen molar-refractivity contribution in [3.05, 3.63) is 47.5 Å². The van der Waals surface area contributed by atoms with Gasteiger partial charge in [-0.1, -0.05) is 18.2 Å². The summed E-state index contributed by atoms with van der Waals surface area (Å²) in [5.41, 5.74) is 2.08. The number of aromatic nitrogens is 4. The summed E-state index contributed by atoms with van der Waals surface area (Å²) in [6.45, 7) is 3.22. The molecule has 1 aliphatic heterocycles. The number of carbonyl (C=O) groups excluding carboxylic acids is 1. The first-order valence-electron chi connectivity index (χ1n) is 8.52. The number of para-hydroxylation sites is 1. The number of carbonyl (C=O) groups is 1. The molecule has 0 bridgehead atoms. The van der Waals surface area contributed by atoms with Crippen molar-refractivity contribution >= 4 is 22.6 Å². The van der Waals surface area contributed by atoms with Gasteiger partial charge >= 0.3 is 0 Å². The number of hydrogen-bond donors (Lipinski definition) is 2. The van der Waals surface area contributed by atoms with Crippen molar-refractivity contribution in [1.82, 2.24) is 25.1 Å². The van der Waals surface area contributed by atoms with Crippen LogP contribution >= 0.6 is 0 Å². The van der Waals surface area contributed by atoms with E-state index >= 15 is 0 Å². The summed E-state index contributed by atoms with van der Waals surface area (Å²) < 4.78 is 5.61. The highest BCUT2D eigenvalue weighted by atomic mass is 16.5. The quantitative estimate of drug-likeness (QED) is 0.748. The van der Waals surface area contributed by atoms with Crippen LogP contribution in [0.3, 0.4) is 0 Å². The SMILES string of the molecule is CNc1cc(C)nc([C@H]2COCCN2C(=O)c2n[nH]c3ccccc23)n1. The summed E-state index contributed by atoms with van der Waals surface area (Å²) in [5, 5.41) is 11.0. The number of nitrogens with zero attached hydrogens (tertiary/aromatic N) is 4. The van der Waals surface area contributed by atoms with Crippen LogP contribution in [0.15, 0.2) is 30.3 Å². The summed E-state index contributed by atoms with van der Waals surface area (Å²) in [6.07, 6.45) is 0. The fraction of sp³-hybridized carbons (Fsp3) is 0.333. The minimum atomic E-state index is -0.348. The smallest absolute Gasteiger partial charge is 0.275 e. The lowest BCUT2D eigenvalue weighted by molar-refractivity contribution is -0.00543. The number of aromatic amines is 1. The number of H-pyrrole nitrogens is 1. The minimum Gasteiger partial charge on any atom is -0.377 e. The number of fused-ring (bicyclic) bond motifs is 1. The van der Waals surface area contributed by atoms with E-state index < -0.39 is 0 Å². The molecule has 1 amide bonds. The van der Waals surface area contributed by atoms with Crippen molar-refractivity contribution in [2.75, 3.05) is 32.1 Å². The molecule has 1 aromatic carbocycles. The zero-order valence-corrected chi connectivity index (χ0v) is 14.7. The van der Waals surface area contributed by atoms with Crippen LogP contribution in [-0.2, 0) is 4.74 Å². The average Bonchev–Trinajstić information content (AvgIpc) is 3.11. The predicted octanol–water partition coefficient (Wildman–Crippen LogP) is 1.92. The molecule has 0 aliphatic carbocycles. The number of ether oxygens (including phenoxy) is 1. The molecular formula is C18H20N6O2. The summed E-state index contributed by atoms with van der Waals surface area (Å²) >= 11 is 0. The van der Waals surface area contributed by atoms with Gasteiger partial charge in [-0.15, -0.1) is 0 Å². The second-order valence-corrected chi connectivity index (χ2v) is 6.21. The molecule has 4 rings (SSSR count). The summed E-state index contributed by atoms with van der Waals surface area (Å²) in [4.78, 5) is 24.0. The van der Waals surface area contributed by atoms with Gasteiger partial charge in [-0.2, -0.15) is 5.10 Å². The van der Waals surface area contributed by atoms with Crippen molar-refractivity contribution in [3.63, 3.8) is 0 Å². The molecule has 8 heteroatoms. The van der Waals surface area contributed by atoms with Crippen LogP contribution in [0.2, 0.25) is 0 Å². The number of rotatable bonds is 3. The van der Waals surface area contributed by atoms with Crippen LogP contribution in [0.5, 0.6) is 0 Å². The predicted molar refractivity (Wildman–Crippen MR) is 97.0 cm³/mol. The molecule has 1 atom stereocenters. The zero-order valence-electron chi connectivity index (χ0n) is 14.7. The molecule has 8 nitrogen and oxygen atoms in total. The van der Waals surface area contributed by atoms with Gasteiger partial charge in [0.2, 0.25) is 0 Å². The van der Waals surface area contributed by atoms with E-state index in [4.69, 9.17) is 4.74 Å². The Morgan fingerprint density at radius 1 is 1.35 bits per heavy atom. The molecule has 0 unspecified atom stereocenters. The second kappa shape index (κ2) is 6.72. The van der Waals surface area contributed by atoms with Gasteiger partial charge < -0.3 is 15.0 Å². The van der Waals surface area contributed by atoms with E-state index in [0.717, 1.165) is 22.4 Å². The first-order valence-corrected chi connectivity index (χ1v) is 8.52. The van der Waals surface area contributed by atoms with Crippen LogP contribution in [0.25, 0.3) is 10.9 Å². The lowest BCUT2D eigenvalue weighted by Crippen LogP contribution is -2.44. The Bertz CT molecular complexity index is 954. The first-order chi connectivity index (χ1) is 12.7. The van der Waals surface area contributed by atoms with Gasteiger partial charge in [0, 0.05) is 30.7 Å². The van der Waals surface area contributed by atoms with E-state index in [9.17, 15) is 4.79 Å². The van der Waals surface area contributed by atoms with Crippen LogP contribution in [0, 0.1) is 6.92 Å². The van der Waals surface area contributed by atoms with Crippen LogP contribution in [-0.4, -0.2) is 57.8 Å². The maximum atomic E-state index is 13.2. The highest BCUT2D eigenvalue weighted by molar-refractivity contribution is 6.04. The monoisotopic (exact) mass is 352 g/mol. The molecule has 1 saturated heterocycles. The molecule has 3 heterocycles. The second-order valence-electron chi connectivity index (χ2n) is 6.21. The molecule has 0 radical (unpaired) electrons. The lowest BCUT2D eigenvalue weighted by Gasteiger charge is -2.34. The topological polar surface area (TPSA) is 96.0 Å². The normalized spacial score (nSPS) is 17.5. The van der Waals surface area contributed by atoms with E-state index in [0.29, 0.717) is 31.3 Å². The number of benzene rings is 1. The van der Waals surface area contributed by atoms with Gasteiger partial charge in [0.25, 0.3) is 5.91 Å².